The zero-order valence-corrected chi connectivity index (χ0v) is 11.2. The molecule has 1 fully saturated rings. The third-order valence-corrected chi connectivity index (χ3v) is 3.49. The standard InChI is InChI=1S/C13H18ClN3O/c1-17(10-3-4-10)7-6-13(18)16-9-2-5-11(14)12(15)8-9/h2,5,8,10H,3-4,6-7,15H2,1H3,(H,16,18). The van der Waals surface area contributed by atoms with E-state index in [1.807, 2.05) is 0 Å². The fourth-order valence-electron chi connectivity index (χ4n) is 1.82. The third-order valence-electron chi connectivity index (χ3n) is 3.14. The lowest BCUT2D eigenvalue weighted by Gasteiger charge is -2.15. The van der Waals surface area contributed by atoms with E-state index < -0.39 is 0 Å². The molecule has 0 unspecified atom stereocenters. The van der Waals surface area contributed by atoms with Gasteiger partial charge in [-0.05, 0) is 38.1 Å². The summed E-state index contributed by atoms with van der Waals surface area (Å²) in [4.78, 5) is 14.0. The first kappa shape index (κ1) is 13.2. The van der Waals surface area contributed by atoms with Crippen molar-refractivity contribution >= 4 is 28.9 Å². The van der Waals surface area contributed by atoms with Gasteiger partial charge in [-0.1, -0.05) is 11.6 Å². The quantitative estimate of drug-likeness (QED) is 0.805. The molecule has 1 saturated carbocycles. The van der Waals surface area contributed by atoms with Crippen LogP contribution in [-0.2, 0) is 4.79 Å². The Kier molecular flexibility index (Phi) is 4.09. The molecule has 0 atom stereocenters. The van der Waals surface area contributed by atoms with E-state index in [0.717, 1.165) is 6.54 Å². The predicted molar refractivity (Wildman–Crippen MR) is 74.8 cm³/mol. The number of nitrogens with two attached hydrogens (primary N) is 1. The summed E-state index contributed by atoms with van der Waals surface area (Å²) in [6.07, 6.45) is 3.01. The number of carbonyl (C=O) groups is 1. The van der Waals surface area contributed by atoms with Crippen molar-refractivity contribution in [1.29, 1.82) is 0 Å². The van der Waals surface area contributed by atoms with Gasteiger partial charge in [0.2, 0.25) is 5.91 Å². The molecule has 0 aliphatic heterocycles. The maximum atomic E-state index is 11.7. The molecule has 3 N–H and O–H groups in total. The van der Waals surface area contributed by atoms with Gasteiger partial charge in [0.15, 0.2) is 0 Å². The first-order valence-corrected chi connectivity index (χ1v) is 6.49. The number of rotatable bonds is 5. The molecule has 1 aliphatic rings. The maximum Gasteiger partial charge on any atom is 0.225 e. The first-order valence-electron chi connectivity index (χ1n) is 6.11. The van der Waals surface area contributed by atoms with Crippen molar-refractivity contribution in [1.82, 2.24) is 4.90 Å². The highest BCUT2D eigenvalue weighted by molar-refractivity contribution is 6.33. The van der Waals surface area contributed by atoms with Crippen molar-refractivity contribution in [2.75, 3.05) is 24.6 Å². The van der Waals surface area contributed by atoms with E-state index >= 15 is 0 Å². The fourth-order valence-corrected chi connectivity index (χ4v) is 1.94. The smallest absolute Gasteiger partial charge is 0.225 e. The van der Waals surface area contributed by atoms with Crippen LogP contribution < -0.4 is 11.1 Å². The van der Waals surface area contributed by atoms with Crippen LogP contribution in [0.15, 0.2) is 18.2 Å². The molecular formula is C13H18ClN3O. The molecular weight excluding hydrogens is 250 g/mol. The molecule has 18 heavy (non-hydrogen) atoms. The van der Waals surface area contributed by atoms with Gasteiger partial charge in [-0.15, -0.1) is 0 Å². The molecule has 1 aromatic carbocycles. The van der Waals surface area contributed by atoms with Crippen LogP contribution in [0.25, 0.3) is 0 Å². The molecule has 1 aliphatic carbocycles. The topological polar surface area (TPSA) is 58.4 Å². The Morgan fingerprint density at radius 1 is 1.56 bits per heavy atom. The first-order chi connectivity index (χ1) is 8.56. The molecule has 4 nitrogen and oxygen atoms in total. The maximum absolute atomic E-state index is 11.7. The summed E-state index contributed by atoms with van der Waals surface area (Å²) in [6, 6.07) is 5.79. The Morgan fingerprint density at radius 3 is 2.89 bits per heavy atom. The van der Waals surface area contributed by atoms with E-state index in [2.05, 4.69) is 17.3 Å². The zero-order chi connectivity index (χ0) is 13.1. The number of anilines is 2. The number of hydrogen-bond acceptors (Lipinski definition) is 3. The Balaban J connectivity index is 1.80. The van der Waals surface area contributed by atoms with Crippen molar-refractivity contribution < 1.29 is 4.79 Å². The molecule has 0 spiro atoms. The monoisotopic (exact) mass is 267 g/mol. The molecule has 2 rings (SSSR count). The number of benzene rings is 1. The summed E-state index contributed by atoms with van der Waals surface area (Å²) < 4.78 is 0. The van der Waals surface area contributed by atoms with Crippen LogP contribution in [-0.4, -0.2) is 30.4 Å². The Hall–Kier alpha value is -1.26. The average molecular weight is 268 g/mol. The highest BCUT2D eigenvalue weighted by atomic mass is 35.5. The number of nitrogens with one attached hydrogen (secondary N) is 1. The van der Waals surface area contributed by atoms with Crippen molar-refractivity contribution in [2.24, 2.45) is 0 Å². The number of nitrogens with zero attached hydrogens (tertiary/aromatic N) is 1. The van der Waals surface area contributed by atoms with Crippen molar-refractivity contribution in [3.8, 4) is 0 Å². The highest BCUT2D eigenvalue weighted by Gasteiger charge is 2.25. The second-order valence-corrected chi connectivity index (χ2v) is 5.15. The molecule has 0 radical (unpaired) electrons. The second-order valence-electron chi connectivity index (χ2n) is 4.75. The molecule has 0 bridgehead atoms. The minimum absolute atomic E-state index is 0.00391. The van der Waals surface area contributed by atoms with Crippen LogP contribution in [0.2, 0.25) is 5.02 Å². The number of hydrogen-bond donors (Lipinski definition) is 2. The van der Waals surface area contributed by atoms with Crippen molar-refractivity contribution in [3.05, 3.63) is 23.2 Å². The number of nitrogen functional groups attached to an aromatic ring is 1. The summed E-state index contributed by atoms with van der Waals surface area (Å²) in [6.45, 7) is 0.791. The zero-order valence-electron chi connectivity index (χ0n) is 10.4. The molecule has 0 heterocycles. The van der Waals surface area contributed by atoms with E-state index in [0.29, 0.717) is 28.9 Å². The molecule has 98 valence electrons. The predicted octanol–water partition coefficient (Wildman–Crippen LogP) is 2.35. The van der Waals surface area contributed by atoms with Gasteiger partial charge in [0, 0.05) is 24.7 Å². The Bertz CT molecular complexity index is 446. The van der Waals surface area contributed by atoms with Crippen LogP contribution in [0, 0.1) is 0 Å². The van der Waals surface area contributed by atoms with Gasteiger partial charge in [0.1, 0.15) is 0 Å². The summed E-state index contributed by atoms with van der Waals surface area (Å²) in [5, 5.41) is 3.32. The van der Waals surface area contributed by atoms with Gasteiger partial charge in [-0.3, -0.25) is 4.79 Å². The summed E-state index contributed by atoms with van der Waals surface area (Å²) in [5.41, 5.74) is 6.84. The van der Waals surface area contributed by atoms with Crippen LogP contribution in [0.1, 0.15) is 19.3 Å². The lowest BCUT2D eigenvalue weighted by molar-refractivity contribution is -0.116. The molecule has 1 amide bonds. The van der Waals surface area contributed by atoms with Gasteiger partial charge in [-0.25, -0.2) is 0 Å². The number of halogens is 1. The van der Waals surface area contributed by atoms with Crippen molar-refractivity contribution in [3.63, 3.8) is 0 Å². The van der Waals surface area contributed by atoms with E-state index in [4.69, 9.17) is 17.3 Å². The van der Waals surface area contributed by atoms with Gasteiger partial charge in [0.25, 0.3) is 0 Å². The lowest BCUT2D eigenvalue weighted by Crippen LogP contribution is -2.26. The minimum atomic E-state index is 0.00391. The van der Waals surface area contributed by atoms with Crippen LogP contribution in [0.5, 0.6) is 0 Å². The minimum Gasteiger partial charge on any atom is -0.397 e. The van der Waals surface area contributed by atoms with Crippen LogP contribution in [0.4, 0.5) is 11.4 Å². The van der Waals surface area contributed by atoms with Crippen molar-refractivity contribution in [2.45, 2.75) is 25.3 Å². The second kappa shape index (κ2) is 5.59. The molecule has 5 heteroatoms. The van der Waals surface area contributed by atoms with E-state index in [9.17, 15) is 4.79 Å². The van der Waals surface area contributed by atoms with Crippen LogP contribution in [0.3, 0.4) is 0 Å². The van der Waals surface area contributed by atoms with E-state index in [1.165, 1.54) is 12.8 Å². The van der Waals surface area contributed by atoms with E-state index in [-0.39, 0.29) is 5.91 Å². The average Bonchev–Trinajstić information content (AvgIpc) is 3.15. The van der Waals surface area contributed by atoms with Gasteiger partial charge in [0.05, 0.1) is 10.7 Å². The largest absolute Gasteiger partial charge is 0.397 e. The fraction of sp³-hybridized carbons (Fsp3) is 0.462. The Morgan fingerprint density at radius 2 is 2.28 bits per heavy atom. The number of carbonyl (C=O) groups excluding carboxylic acids is 1. The Labute approximate surface area is 112 Å². The van der Waals surface area contributed by atoms with E-state index in [1.54, 1.807) is 18.2 Å². The lowest BCUT2D eigenvalue weighted by atomic mass is 10.2. The molecule has 0 aromatic heterocycles. The van der Waals surface area contributed by atoms with Gasteiger partial charge in [-0.2, -0.15) is 0 Å². The van der Waals surface area contributed by atoms with Gasteiger partial charge < -0.3 is 16.0 Å². The summed E-state index contributed by atoms with van der Waals surface area (Å²) in [7, 11) is 2.06. The number of amides is 1. The summed E-state index contributed by atoms with van der Waals surface area (Å²) in [5.74, 6) is 0.00391. The third kappa shape index (κ3) is 3.62. The van der Waals surface area contributed by atoms with Crippen LogP contribution >= 0.6 is 11.6 Å². The summed E-state index contributed by atoms with van der Waals surface area (Å²) >= 11 is 5.82. The SMILES string of the molecule is CN(CCC(=O)Nc1ccc(Cl)c(N)c1)C1CC1. The normalized spacial score (nSPS) is 14.8. The van der Waals surface area contributed by atoms with Gasteiger partial charge >= 0.3 is 0 Å². The highest BCUT2D eigenvalue weighted by Crippen LogP contribution is 2.25. The molecule has 0 saturated heterocycles. The molecule has 1 aromatic rings.